The molecule has 0 bridgehead atoms. The van der Waals surface area contributed by atoms with Crippen LogP contribution < -0.4 is 24.8 Å². The summed E-state index contributed by atoms with van der Waals surface area (Å²) in [6, 6.07) is 0. The van der Waals surface area contributed by atoms with Gasteiger partial charge < -0.3 is 24.8 Å². The van der Waals surface area contributed by atoms with E-state index in [1.54, 1.807) is 0 Å². The van der Waals surface area contributed by atoms with E-state index in [0.29, 0.717) is 0 Å². The van der Waals surface area contributed by atoms with Crippen molar-refractivity contribution in [1.82, 2.24) is 0 Å². The first kappa shape index (κ1) is 24.1. The van der Waals surface area contributed by atoms with E-state index in [0.717, 1.165) is 0 Å². The van der Waals surface area contributed by atoms with Gasteiger partial charge >= 0.3 is 26.2 Å². The van der Waals surface area contributed by atoms with Gasteiger partial charge in [0, 0.05) is 0 Å². The summed E-state index contributed by atoms with van der Waals surface area (Å²) >= 11 is 0. The van der Waals surface area contributed by atoms with Crippen LogP contribution in [0.25, 0.3) is 0 Å². The maximum Gasteiger partial charge on any atom is 4.00 e. The van der Waals surface area contributed by atoms with Gasteiger partial charge in [-0.05, 0) is 36.5 Å². The maximum atomic E-state index is 3.45. The molecule has 0 aliphatic heterocycles. The number of hydrogen-bond donors (Lipinski definition) is 0. The van der Waals surface area contributed by atoms with Crippen LogP contribution in [0, 0.1) is 23.0 Å². The molecule has 6 aliphatic carbocycles. The molecule has 2 spiro atoms. The molecule has 6 rings (SSSR count). The third-order valence-corrected chi connectivity index (χ3v) is 6.14. The second-order valence-corrected chi connectivity index (χ2v) is 7.45. The van der Waals surface area contributed by atoms with E-state index in [2.05, 4.69) is 97.2 Å². The number of halogens is 2. The van der Waals surface area contributed by atoms with Crippen molar-refractivity contribution < 1.29 is 51.0 Å². The van der Waals surface area contributed by atoms with Gasteiger partial charge in [-0.1, -0.05) is 71.9 Å². The molecule has 144 valence electrons. The minimum Gasteiger partial charge on any atom is -1.00 e. The second-order valence-electron chi connectivity index (χ2n) is 7.45. The molecule has 0 aromatic carbocycles. The van der Waals surface area contributed by atoms with E-state index < -0.39 is 0 Å². The molecule has 0 aromatic rings. The Morgan fingerprint density at radius 3 is 1.55 bits per heavy atom. The molecule has 0 N–H and O–H groups in total. The molecule has 0 fully saturated rings. The topological polar surface area (TPSA) is 0 Å². The van der Waals surface area contributed by atoms with Crippen molar-refractivity contribution in [3.63, 3.8) is 0 Å². The predicted molar refractivity (Wildman–Crippen MR) is 108 cm³/mol. The van der Waals surface area contributed by atoms with Gasteiger partial charge in [0.1, 0.15) is 0 Å². The van der Waals surface area contributed by atoms with E-state index in [4.69, 9.17) is 0 Å². The largest absolute Gasteiger partial charge is 4.00 e. The van der Waals surface area contributed by atoms with E-state index in [1.807, 2.05) is 0 Å². The van der Waals surface area contributed by atoms with Gasteiger partial charge in [-0.25, -0.2) is 24.3 Å². The first-order valence-electron chi connectivity index (χ1n) is 9.58. The molecule has 0 saturated heterocycles. The van der Waals surface area contributed by atoms with Gasteiger partial charge in [-0.2, -0.15) is 11.1 Å². The summed E-state index contributed by atoms with van der Waals surface area (Å²) in [5.41, 5.74) is 5.89. The minimum absolute atomic E-state index is 0. The summed E-state index contributed by atoms with van der Waals surface area (Å²) in [7, 11) is 0. The average Bonchev–Trinajstić information content (AvgIpc) is 3.30. The molecule has 0 nitrogen and oxygen atoms in total. The van der Waals surface area contributed by atoms with Gasteiger partial charge in [-0.15, -0.1) is 0 Å². The van der Waals surface area contributed by atoms with Gasteiger partial charge in [0.15, 0.2) is 0 Å². The smallest absolute Gasteiger partial charge is 1.00 e. The Bertz CT molecular complexity index is 871. The summed E-state index contributed by atoms with van der Waals surface area (Å²) in [5, 5.41) is 0. The SMILES string of the molecule is [C-]1=CC=C2CCC=C3C=CC=CC132.[C-]1=CC=C2CCC=C3C=CC=CC132.[Cl-].[Cl-].[Zr+4]. The number of rotatable bonds is 0. The Hall–Kier alpha value is -1.14. The van der Waals surface area contributed by atoms with Crippen LogP contribution >= 0.6 is 0 Å². The van der Waals surface area contributed by atoms with Crippen LogP contribution in [0.1, 0.15) is 25.7 Å². The molecular weight excluding hydrogens is 474 g/mol. The Morgan fingerprint density at radius 1 is 0.655 bits per heavy atom. The molecule has 3 heteroatoms. The molecule has 2 unspecified atom stereocenters. The van der Waals surface area contributed by atoms with Crippen LogP contribution in [0.4, 0.5) is 0 Å². The summed E-state index contributed by atoms with van der Waals surface area (Å²) in [6.07, 6.45) is 42.3. The van der Waals surface area contributed by atoms with Crippen LogP contribution in [0.3, 0.4) is 0 Å². The monoisotopic (exact) mass is 494 g/mol. The van der Waals surface area contributed by atoms with E-state index in [9.17, 15) is 0 Å². The second kappa shape index (κ2) is 9.78. The van der Waals surface area contributed by atoms with E-state index >= 15 is 0 Å². The zero-order chi connectivity index (χ0) is 17.5. The number of hydrogen-bond acceptors (Lipinski definition) is 0. The Balaban J connectivity index is 0.000000187. The van der Waals surface area contributed by atoms with Crippen molar-refractivity contribution in [2.24, 2.45) is 10.8 Å². The zero-order valence-electron chi connectivity index (χ0n) is 16.2. The predicted octanol–water partition coefficient (Wildman–Crippen LogP) is 0.242. The molecule has 0 saturated carbocycles. The summed E-state index contributed by atoms with van der Waals surface area (Å²) in [6.45, 7) is 0. The first-order valence-corrected chi connectivity index (χ1v) is 9.58. The first-order chi connectivity index (χ1) is 12.8. The fraction of sp³-hybridized carbons (Fsp3) is 0.231. The van der Waals surface area contributed by atoms with Gasteiger partial charge in [0.2, 0.25) is 0 Å². The molecule has 29 heavy (non-hydrogen) atoms. The molecular formula is C26H22Cl2Zr. The van der Waals surface area contributed by atoms with Crippen LogP contribution in [-0.2, 0) is 26.2 Å². The molecule has 0 aromatic heterocycles. The van der Waals surface area contributed by atoms with Gasteiger partial charge in [-0.3, -0.25) is 12.2 Å². The average molecular weight is 497 g/mol. The zero-order valence-corrected chi connectivity index (χ0v) is 20.1. The van der Waals surface area contributed by atoms with Crippen molar-refractivity contribution >= 4 is 0 Å². The standard InChI is InChI=1S/2C13H11.2ClH.Zr/c2*1-2-9-13-10-4-8-12(13)7-3-6-11(13)5-1;;;/h2*1-2,4-6,8-9H,3,7H2;2*1H;/q2*-1;;;+4/p-2. The van der Waals surface area contributed by atoms with Crippen molar-refractivity contribution in [2.45, 2.75) is 25.7 Å². The van der Waals surface area contributed by atoms with Crippen molar-refractivity contribution in [2.75, 3.05) is 0 Å². The molecule has 0 amide bonds. The van der Waals surface area contributed by atoms with Gasteiger partial charge in [0.25, 0.3) is 0 Å². The number of allylic oxidation sites excluding steroid dienone is 20. The summed E-state index contributed by atoms with van der Waals surface area (Å²) in [5.74, 6) is 0. The van der Waals surface area contributed by atoms with Crippen LogP contribution in [-0.4, -0.2) is 0 Å². The Labute approximate surface area is 205 Å². The van der Waals surface area contributed by atoms with Crippen LogP contribution in [0.15, 0.2) is 107 Å². The van der Waals surface area contributed by atoms with Crippen LogP contribution in [0.2, 0.25) is 0 Å². The summed E-state index contributed by atoms with van der Waals surface area (Å²) < 4.78 is 0. The molecule has 0 heterocycles. The molecule has 6 aliphatic rings. The van der Waals surface area contributed by atoms with Crippen molar-refractivity contribution in [3.8, 4) is 0 Å². The van der Waals surface area contributed by atoms with Crippen LogP contribution in [0.5, 0.6) is 0 Å². The van der Waals surface area contributed by atoms with Crippen molar-refractivity contribution in [1.29, 1.82) is 0 Å². The third kappa shape index (κ3) is 3.95. The third-order valence-electron chi connectivity index (χ3n) is 6.14. The fourth-order valence-electron chi connectivity index (χ4n) is 4.80. The maximum absolute atomic E-state index is 3.45. The normalized spacial score (nSPS) is 30.3. The fourth-order valence-corrected chi connectivity index (χ4v) is 4.80. The molecule has 2 atom stereocenters. The minimum atomic E-state index is 0. The summed E-state index contributed by atoms with van der Waals surface area (Å²) in [4.78, 5) is 0. The van der Waals surface area contributed by atoms with E-state index in [-0.39, 0.29) is 61.8 Å². The quantitative estimate of drug-likeness (QED) is 0.422. The molecule has 0 radical (unpaired) electrons. The Morgan fingerprint density at radius 2 is 1.10 bits per heavy atom. The van der Waals surface area contributed by atoms with Crippen molar-refractivity contribution in [3.05, 3.63) is 120 Å². The van der Waals surface area contributed by atoms with E-state index in [1.165, 1.54) is 48.0 Å². The Kier molecular flexibility index (Phi) is 8.14. The van der Waals surface area contributed by atoms with Gasteiger partial charge in [0.05, 0.1) is 0 Å².